The number of hydrogen-bond acceptors (Lipinski definition) is 3. The van der Waals surface area contributed by atoms with Gasteiger partial charge in [0.1, 0.15) is 5.71 Å². The topological polar surface area (TPSA) is 90.9 Å². The lowest BCUT2D eigenvalue weighted by atomic mass is 10.1. The zero-order valence-electron chi connectivity index (χ0n) is 11.4. The molecule has 7 nitrogen and oxygen atoms in total. The van der Waals surface area contributed by atoms with Crippen molar-refractivity contribution in [1.82, 2.24) is 10.4 Å². The molecule has 8 heteroatoms. The van der Waals surface area contributed by atoms with E-state index in [9.17, 15) is 14.4 Å². The normalized spacial score (nSPS) is 14.5. The van der Waals surface area contributed by atoms with E-state index in [0.717, 1.165) is 4.47 Å². The molecule has 0 bridgehead atoms. The van der Waals surface area contributed by atoms with Gasteiger partial charge in [-0.25, -0.2) is 15.0 Å². The fourth-order valence-corrected chi connectivity index (χ4v) is 1.94. The van der Waals surface area contributed by atoms with Gasteiger partial charge in [-0.15, -0.1) is 0 Å². The van der Waals surface area contributed by atoms with Gasteiger partial charge in [-0.1, -0.05) is 29.8 Å². The number of amides is 5. The second kappa shape index (κ2) is 6.04. The molecule has 110 valence electrons. The molecule has 0 aromatic heterocycles. The minimum absolute atomic E-state index is 0.129. The van der Waals surface area contributed by atoms with Gasteiger partial charge in [-0.2, -0.15) is 10.0 Å². The Labute approximate surface area is 129 Å². The van der Waals surface area contributed by atoms with E-state index in [1.54, 1.807) is 38.1 Å². The van der Waals surface area contributed by atoms with Gasteiger partial charge in [-0.3, -0.25) is 4.79 Å². The molecule has 0 saturated carbocycles. The van der Waals surface area contributed by atoms with Crippen LogP contribution >= 0.6 is 15.9 Å². The van der Waals surface area contributed by atoms with Crippen molar-refractivity contribution in [2.75, 3.05) is 5.32 Å². The van der Waals surface area contributed by atoms with E-state index in [1.165, 1.54) is 0 Å². The van der Waals surface area contributed by atoms with E-state index in [1.807, 2.05) is 0 Å². The minimum Gasteiger partial charge on any atom is -0.307 e. The summed E-state index contributed by atoms with van der Waals surface area (Å²) in [5.41, 5.74) is 2.84. The van der Waals surface area contributed by atoms with E-state index in [2.05, 4.69) is 31.7 Å². The van der Waals surface area contributed by atoms with Gasteiger partial charge in [0, 0.05) is 16.1 Å². The van der Waals surface area contributed by atoms with Gasteiger partial charge < -0.3 is 5.32 Å². The van der Waals surface area contributed by atoms with Crippen LogP contribution in [0.4, 0.5) is 15.3 Å². The Kier molecular flexibility index (Phi) is 4.37. The summed E-state index contributed by atoms with van der Waals surface area (Å²) in [5, 5.41) is 3.11. The molecule has 2 N–H and O–H groups in total. The highest BCUT2D eigenvalue weighted by atomic mass is 79.9. The number of benzene rings is 1. The summed E-state index contributed by atoms with van der Waals surface area (Å²) in [6, 6.07) is 5.36. The highest BCUT2D eigenvalue weighted by Crippen LogP contribution is 2.14. The molecule has 0 aliphatic carbocycles. The molecular weight excluding hydrogens is 340 g/mol. The van der Waals surface area contributed by atoms with Crippen LogP contribution in [0.15, 0.2) is 33.7 Å². The van der Waals surface area contributed by atoms with Crippen molar-refractivity contribution < 1.29 is 14.4 Å². The number of imide groups is 1. The van der Waals surface area contributed by atoms with E-state index in [-0.39, 0.29) is 11.6 Å². The Morgan fingerprint density at radius 2 is 1.86 bits per heavy atom. The molecule has 0 fully saturated rings. The average Bonchev–Trinajstić information content (AvgIpc) is 2.69. The molecule has 2 rings (SSSR count). The third kappa shape index (κ3) is 3.46. The molecule has 1 aromatic rings. The molecular formula is C13H13BrN4O3. The van der Waals surface area contributed by atoms with Crippen molar-refractivity contribution in [3.8, 4) is 0 Å². The number of hydrogen-bond donors (Lipinski definition) is 2. The number of rotatable bonds is 3. The predicted octanol–water partition coefficient (Wildman–Crippen LogP) is 2.54. The average molecular weight is 353 g/mol. The number of anilines is 1. The number of nitrogens with zero attached hydrogens (tertiary/aromatic N) is 2. The van der Waals surface area contributed by atoms with Crippen LogP contribution in [0.3, 0.4) is 0 Å². The first kappa shape index (κ1) is 15.2. The number of urea groups is 2. The number of carbonyl (C=O) groups excluding carboxylic acids is 3. The van der Waals surface area contributed by atoms with Gasteiger partial charge in [0.25, 0.3) is 5.91 Å². The number of halogens is 1. The number of carbonyl (C=O) groups is 3. The van der Waals surface area contributed by atoms with Crippen LogP contribution in [0.2, 0.25) is 0 Å². The lowest BCUT2D eigenvalue weighted by molar-refractivity contribution is -0.122. The smallest absolute Gasteiger partial charge is 0.307 e. The van der Waals surface area contributed by atoms with Crippen molar-refractivity contribution >= 4 is 45.3 Å². The maximum Gasteiger partial charge on any atom is 0.370 e. The highest BCUT2D eigenvalue weighted by molar-refractivity contribution is 9.10. The molecule has 21 heavy (non-hydrogen) atoms. The van der Waals surface area contributed by atoms with Crippen molar-refractivity contribution in [3.63, 3.8) is 0 Å². The third-order valence-electron chi connectivity index (χ3n) is 2.69. The molecule has 5 amide bonds. The first-order chi connectivity index (χ1) is 9.88. The molecule has 1 aliphatic heterocycles. The van der Waals surface area contributed by atoms with Crippen LogP contribution in [0.1, 0.15) is 13.8 Å². The fraction of sp³-hybridized carbons (Fsp3) is 0.231. The lowest BCUT2D eigenvalue weighted by Gasteiger charge is -2.15. The first-order valence-corrected chi connectivity index (χ1v) is 6.98. The maximum absolute atomic E-state index is 11.9. The SMILES string of the molecule is CC(C)C1=NC(=O)N(NC(=O)Nc2ccc(Br)cc2)C1=O. The molecule has 1 heterocycles. The van der Waals surface area contributed by atoms with Gasteiger partial charge in [-0.05, 0) is 24.3 Å². The van der Waals surface area contributed by atoms with Gasteiger partial charge >= 0.3 is 12.1 Å². The molecule has 1 aliphatic rings. The van der Waals surface area contributed by atoms with Crippen molar-refractivity contribution in [2.24, 2.45) is 10.9 Å². The summed E-state index contributed by atoms with van der Waals surface area (Å²) in [6.07, 6.45) is 0. The molecule has 0 unspecified atom stereocenters. The molecule has 0 spiro atoms. The van der Waals surface area contributed by atoms with Crippen LogP contribution in [0.25, 0.3) is 0 Å². The lowest BCUT2D eigenvalue weighted by Crippen LogP contribution is -2.49. The van der Waals surface area contributed by atoms with Crippen molar-refractivity contribution in [2.45, 2.75) is 13.8 Å². The van der Waals surface area contributed by atoms with Crippen molar-refractivity contribution in [1.29, 1.82) is 0 Å². The van der Waals surface area contributed by atoms with Gasteiger partial charge in [0.15, 0.2) is 0 Å². The summed E-state index contributed by atoms with van der Waals surface area (Å²) in [7, 11) is 0. The number of nitrogens with one attached hydrogen (secondary N) is 2. The number of hydrazine groups is 1. The molecule has 0 atom stereocenters. The Hall–Kier alpha value is -2.22. The standard InChI is InChI=1S/C13H13BrN4O3/c1-7(2)10-11(19)18(13(21)16-10)17-12(20)15-9-5-3-8(14)4-6-9/h3-7H,1-2H3,(H2,15,17,20). The van der Waals surface area contributed by atoms with Crippen molar-refractivity contribution in [3.05, 3.63) is 28.7 Å². The Balaban J connectivity index is 1.99. The highest BCUT2D eigenvalue weighted by Gasteiger charge is 2.35. The summed E-state index contributed by atoms with van der Waals surface area (Å²) in [4.78, 5) is 38.9. The quantitative estimate of drug-likeness (QED) is 0.875. The summed E-state index contributed by atoms with van der Waals surface area (Å²) >= 11 is 3.28. The fourth-order valence-electron chi connectivity index (χ4n) is 1.67. The van der Waals surface area contributed by atoms with E-state index in [0.29, 0.717) is 10.7 Å². The second-order valence-electron chi connectivity index (χ2n) is 4.65. The molecule has 0 radical (unpaired) electrons. The first-order valence-electron chi connectivity index (χ1n) is 6.18. The Morgan fingerprint density at radius 3 is 2.38 bits per heavy atom. The van der Waals surface area contributed by atoms with E-state index >= 15 is 0 Å². The zero-order chi connectivity index (χ0) is 15.6. The third-order valence-corrected chi connectivity index (χ3v) is 3.22. The van der Waals surface area contributed by atoms with Crippen LogP contribution in [-0.4, -0.2) is 28.7 Å². The molecule has 0 saturated heterocycles. The van der Waals surface area contributed by atoms with Crippen LogP contribution in [0.5, 0.6) is 0 Å². The Morgan fingerprint density at radius 1 is 1.24 bits per heavy atom. The zero-order valence-corrected chi connectivity index (χ0v) is 13.0. The number of aliphatic imine (C=N–C) groups is 1. The van der Waals surface area contributed by atoms with Crippen LogP contribution in [0, 0.1) is 5.92 Å². The van der Waals surface area contributed by atoms with E-state index in [4.69, 9.17) is 0 Å². The van der Waals surface area contributed by atoms with Crippen LogP contribution < -0.4 is 10.7 Å². The van der Waals surface area contributed by atoms with Gasteiger partial charge in [0.05, 0.1) is 0 Å². The van der Waals surface area contributed by atoms with E-state index < -0.39 is 18.0 Å². The van der Waals surface area contributed by atoms with Gasteiger partial charge in [0.2, 0.25) is 0 Å². The summed E-state index contributed by atoms with van der Waals surface area (Å²) < 4.78 is 0.869. The summed E-state index contributed by atoms with van der Waals surface area (Å²) in [6.45, 7) is 3.49. The minimum atomic E-state index is -0.797. The Bertz CT molecular complexity index is 625. The summed E-state index contributed by atoms with van der Waals surface area (Å²) in [5.74, 6) is -0.802. The maximum atomic E-state index is 11.9. The predicted molar refractivity (Wildman–Crippen MR) is 80.8 cm³/mol. The monoisotopic (exact) mass is 352 g/mol. The second-order valence-corrected chi connectivity index (χ2v) is 5.56. The van der Waals surface area contributed by atoms with Crippen LogP contribution in [-0.2, 0) is 4.79 Å². The molecule has 1 aromatic carbocycles. The largest absolute Gasteiger partial charge is 0.370 e.